The van der Waals surface area contributed by atoms with Gasteiger partial charge in [-0.3, -0.25) is 0 Å². The van der Waals surface area contributed by atoms with Crippen LogP contribution in [0.1, 0.15) is 47.6 Å². The normalized spacial score (nSPS) is 13.6. The Balaban J connectivity index is 1.90. The van der Waals surface area contributed by atoms with Crippen molar-refractivity contribution in [3.8, 4) is 12.1 Å². The molecule has 5 heteroatoms. The van der Waals surface area contributed by atoms with Gasteiger partial charge in [-0.05, 0) is 66.4 Å². The number of rotatable bonds is 8. The SMILES string of the molecule is C[C@H](NC(CC#N)c1ccc(F)cc1)[C@@H](Cc1ccc(Cl)cc1)c1cccc(C#N)c1. The van der Waals surface area contributed by atoms with Gasteiger partial charge in [0.25, 0.3) is 0 Å². The van der Waals surface area contributed by atoms with E-state index in [4.69, 9.17) is 11.6 Å². The molecular weight excluding hydrogens is 409 g/mol. The van der Waals surface area contributed by atoms with Crippen LogP contribution in [0.5, 0.6) is 0 Å². The van der Waals surface area contributed by atoms with Gasteiger partial charge in [-0.15, -0.1) is 0 Å². The van der Waals surface area contributed by atoms with Gasteiger partial charge >= 0.3 is 0 Å². The van der Waals surface area contributed by atoms with E-state index in [1.165, 1.54) is 12.1 Å². The van der Waals surface area contributed by atoms with E-state index in [-0.39, 0.29) is 30.2 Å². The predicted molar refractivity (Wildman–Crippen MR) is 121 cm³/mol. The van der Waals surface area contributed by atoms with Crippen molar-refractivity contribution in [3.05, 3.63) is 106 Å². The van der Waals surface area contributed by atoms with E-state index in [9.17, 15) is 14.9 Å². The highest BCUT2D eigenvalue weighted by Crippen LogP contribution is 2.29. The number of hydrogen-bond acceptors (Lipinski definition) is 3. The maximum absolute atomic E-state index is 13.4. The molecule has 3 aromatic rings. The molecule has 3 rings (SSSR count). The molecule has 3 nitrogen and oxygen atoms in total. The second-order valence-corrected chi connectivity index (χ2v) is 8.03. The van der Waals surface area contributed by atoms with Gasteiger partial charge in [0.15, 0.2) is 0 Å². The van der Waals surface area contributed by atoms with Crippen LogP contribution >= 0.6 is 11.6 Å². The first-order chi connectivity index (χ1) is 15.0. The fourth-order valence-corrected chi connectivity index (χ4v) is 3.92. The Morgan fingerprint density at radius 1 is 0.968 bits per heavy atom. The van der Waals surface area contributed by atoms with Gasteiger partial charge in [-0.2, -0.15) is 10.5 Å². The largest absolute Gasteiger partial charge is 0.306 e. The van der Waals surface area contributed by atoms with Crippen molar-refractivity contribution >= 4 is 11.6 Å². The van der Waals surface area contributed by atoms with E-state index in [0.717, 1.165) is 23.1 Å². The van der Waals surface area contributed by atoms with Crippen LogP contribution in [-0.4, -0.2) is 6.04 Å². The molecule has 0 spiro atoms. The average Bonchev–Trinajstić information content (AvgIpc) is 2.79. The molecule has 0 bridgehead atoms. The van der Waals surface area contributed by atoms with Crippen LogP contribution in [0.15, 0.2) is 72.8 Å². The number of hydrogen-bond donors (Lipinski definition) is 1. The van der Waals surface area contributed by atoms with Crippen molar-refractivity contribution in [3.63, 3.8) is 0 Å². The quantitative estimate of drug-likeness (QED) is 0.454. The summed E-state index contributed by atoms with van der Waals surface area (Å²) in [5.74, 6) is -0.252. The molecule has 0 amide bonds. The zero-order chi connectivity index (χ0) is 22.2. The summed E-state index contributed by atoms with van der Waals surface area (Å²) < 4.78 is 13.4. The third-order valence-electron chi connectivity index (χ3n) is 5.45. The van der Waals surface area contributed by atoms with Crippen molar-refractivity contribution in [2.45, 2.75) is 37.8 Å². The minimum Gasteiger partial charge on any atom is -0.306 e. The molecule has 156 valence electrons. The summed E-state index contributed by atoms with van der Waals surface area (Å²) in [6, 6.07) is 25.8. The van der Waals surface area contributed by atoms with Gasteiger partial charge in [-0.25, -0.2) is 4.39 Å². The van der Waals surface area contributed by atoms with Gasteiger partial charge in [-0.1, -0.05) is 48.0 Å². The molecule has 0 aromatic heterocycles. The highest BCUT2D eigenvalue weighted by Gasteiger charge is 2.24. The minimum absolute atomic E-state index is 0.0203. The molecule has 0 radical (unpaired) electrons. The van der Waals surface area contributed by atoms with Crippen LogP contribution in [0.2, 0.25) is 5.02 Å². The molecule has 3 aromatic carbocycles. The summed E-state index contributed by atoms with van der Waals surface area (Å²) >= 11 is 6.04. The first kappa shape index (κ1) is 22.5. The van der Waals surface area contributed by atoms with Crippen molar-refractivity contribution in [1.29, 1.82) is 10.5 Å². The predicted octanol–water partition coefficient (Wildman–Crippen LogP) is 6.31. The maximum Gasteiger partial charge on any atom is 0.123 e. The lowest BCUT2D eigenvalue weighted by Gasteiger charge is -2.30. The van der Waals surface area contributed by atoms with Gasteiger partial charge in [0.05, 0.1) is 24.1 Å². The average molecular weight is 432 g/mol. The number of benzene rings is 3. The van der Waals surface area contributed by atoms with E-state index in [0.29, 0.717) is 10.6 Å². The fourth-order valence-electron chi connectivity index (χ4n) is 3.79. The molecule has 0 saturated heterocycles. The second kappa shape index (κ2) is 10.7. The van der Waals surface area contributed by atoms with E-state index in [1.807, 2.05) is 42.5 Å². The Labute approximate surface area is 187 Å². The monoisotopic (exact) mass is 431 g/mol. The molecule has 0 aliphatic carbocycles. The van der Waals surface area contributed by atoms with Crippen molar-refractivity contribution < 1.29 is 4.39 Å². The number of halogens is 2. The minimum atomic E-state index is -0.304. The highest BCUT2D eigenvalue weighted by atomic mass is 35.5. The van der Waals surface area contributed by atoms with E-state index in [1.54, 1.807) is 18.2 Å². The molecule has 1 unspecified atom stereocenters. The summed E-state index contributed by atoms with van der Waals surface area (Å²) in [5.41, 5.74) is 3.65. The lowest BCUT2D eigenvalue weighted by atomic mass is 9.85. The molecule has 0 aliphatic rings. The third-order valence-corrected chi connectivity index (χ3v) is 5.70. The lowest BCUT2D eigenvalue weighted by molar-refractivity contribution is 0.400. The van der Waals surface area contributed by atoms with Crippen LogP contribution in [0.3, 0.4) is 0 Å². The van der Waals surface area contributed by atoms with Gasteiger partial charge in [0.2, 0.25) is 0 Å². The topological polar surface area (TPSA) is 59.6 Å². The second-order valence-electron chi connectivity index (χ2n) is 7.60. The molecule has 0 aliphatic heterocycles. The molecule has 3 atom stereocenters. The smallest absolute Gasteiger partial charge is 0.123 e. The van der Waals surface area contributed by atoms with Gasteiger partial charge in [0.1, 0.15) is 5.82 Å². The van der Waals surface area contributed by atoms with Crippen LogP contribution in [0, 0.1) is 28.5 Å². The third kappa shape index (κ3) is 6.15. The molecule has 0 heterocycles. The lowest BCUT2D eigenvalue weighted by Crippen LogP contribution is -2.36. The zero-order valence-electron chi connectivity index (χ0n) is 17.2. The Hall–Kier alpha value is -3.18. The summed E-state index contributed by atoms with van der Waals surface area (Å²) in [6.07, 6.45) is 1.00. The van der Waals surface area contributed by atoms with Crippen molar-refractivity contribution in [2.24, 2.45) is 0 Å². The Morgan fingerprint density at radius 3 is 2.32 bits per heavy atom. The summed E-state index contributed by atoms with van der Waals surface area (Å²) in [7, 11) is 0. The first-order valence-electron chi connectivity index (χ1n) is 10.1. The molecule has 1 N–H and O–H groups in total. The number of nitrogens with one attached hydrogen (secondary N) is 1. The van der Waals surface area contributed by atoms with Crippen LogP contribution in [0.4, 0.5) is 4.39 Å². The van der Waals surface area contributed by atoms with Crippen LogP contribution < -0.4 is 5.32 Å². The molecular formula is C26H23ClFN3. The molecule has 31 heavy (non-hydrogen) atoms. The van der Waals surface area contributed by atoms with Crippen LogP contribution in [-0.2, 0) is 6.42 Å². The Bertz CT molecular complexity index is 1080. The standard InChI is InChI=1S/C26H23ClFN3/c1-18(31-26(13-14-29)21-7-11-24(28)12-8-21)25(16-19-5-9-23(27)10-6-19)22-4-2-3-20(15-22)17-30/h2-12,15,18,25-26,31H,13,16H2,1H3/t18-,25+,26?/m0/s1. The number of nitriles is 2. The van der Waals surface area contributed by atoms with E-state index < -0.39 is 0 Å². The Kier molecular flexibility index (Phi) is 7.79. The van der Waals surface area contributed by atoms with Gasteiger partial charge < -0.3 is 5.32 Å². The maximum atomic E-state index is 13.4. The van der Waals surface area contributed by atoms with E-state index in [2.05, 4.69) is 24.4 Å². The zero-order valence-corrected chi connectivity index (χ0v) is 18.0. The molecule has 0 saturated carbocycles. The first-order valence-corrected chi connectivity index (χ1v) is 10.5. The highest BCUT2D eigenvalue weighted by molar-refractivity contribution is 6.30. The van der Waals surface area contributed by atoms with Gasteiger partial charge in [0, 0.05) is 23.0 Å². The van der Waals surface area contributed by atoms with Crippen molar-refractivity contribution in [1.82, 2.24) is 5.32 Å². The summed E-state index contributed by atoms with van der Waals surface area (Å²) in [4.78, 5) is 0. The van der Waals surface area contributed by atoms with E-state index >= 15 is 0 Å². The van der Waals surface area contributed by atoms with Crippen LogP contribution in [0.25, 0.3) is 0 Å². The number of nitrogens with zero attached hydrogens (tertiary/aromatic N) is 2. The Morgan fingerprint density at radius 2 is 1.68 bits per heavy atom. The van der Waals surface area contributed by atoms with Crippen molar-refractivity contribution in [2.75, 3.05) is 0 Å². The molecule has 0 fully saturated rings. The fraction of sp³-hybridized carbons (Fsp3) is 0.231. The summed E-state index contributed by atoms with van der Waals surface area (Å²) in [6.45, 7) is 2.08. The summed E-state index contributed by atoms with van der Waals surface area (Å²) in [5, 5.41) is 22.9.